The van der Waals surface area contributed by atoms with Gasteiger partial charge in [-0.15, -0.1) is 0 Å². The van der Waals surface area contributed by atoms with E-state index in [0.29, 0.717) is 6.61 Å². The second-order valence-corrected chi connectivity index (χ2v) is 5.66. The lowest BCUT2D eigenvalue weighted by Gasteiger charge is -2.16. The topological polar surface area (TPSA) is 9.23 Å². The fraction of sp³-hybridized carbons (Fsp3) is 0.294. The van der Waals surface area contributed by atoms with E-state index in [1.54, 1.807) is 0 Å². The Kier molecular flexibility index (Phi) is 4.65. The molecule has 0 N–H and O–H groups in total. The molecule has 1 nitrogen and oxygen atoms in total. The van der Waals surface area contributed by atoms with Crippen LogP contribution in [0.2, 0.25) is 0 Å². The summed E-state index contributed by atoms with van der Waals surface area (Å²) in [6.07, 6.45) is 0. The molecular formula is C17H19BrO. The van der Waals surface area contributed by atoms with E-state index in [-0.39, 0.29) is 4.83 Å². The van der Waals surface area contributed by atoms with Gasteiger partial charge in [0.25, 0.3) is 0 Å². The van der Waals surface area contributed by atoms with E-state index in [4.69, 9.17) is 4.74 Å². The van der Waals surface area contributed by atoms with Crippen LogP contribution >= 0.6 is 15.9 Å². The van der Waals surface area contributed by atoms with Crippen molar-refractivity contribution in [2.24, 2.45) is 0 Å². The molecule has 0 aromatic heterocycles. The van der Waals surface area contributed by atoms with Crippen LogP contribution in [0.15, 0.2) is 42.5 Å². The molecule has 0 fully saturated rings. The van der Waals surface area contributed by atoms with Crippen LogP contribution in [-0.4, -0.2) is 6.61 Å². The minimum Gasteiger partial charge on any atom is -0.494 e. The molecule has 0 radical (unpaired) electrons. The largest absolute Gasteiger partial charge is 0.494 e. The third-order valence-corrected chi connectivity index (χ3v) is 4.13. The lowest BCUT2D eigenvalue weighted by Crippen LogP contribution is -2.00. The third kappa shape index (κ3) is 3.38. The fourth-order valence-corrected chi connectivity index (χ4v) is 2.73. The van der Waals surface area contributed by atoms with Crippen LogP contribution in [0.5, 0.6) is 5.75 Å². The van der Waals surface area contributed by atoms with Gasteiger partial charge in [-0.25, -0.2) is 0 Å². The molecule has 0 heterocycles. The summed E-state index contributed by atoms with van der Waals surface area (Å²) in [6, 6.07) is 14.9. The van der Waals surface area contributed by atoms with Crippen molar-refractivity contribution in [3.8, 4) is 5.75 Å². The Bertz CT molecular complexity index is 546. The highest BCUT2D eigenvalue weighted by Crippen LogP contribution is 2.37. The summed E-state index contributed by atoms with van der Waals surface area (Å²) in [6.45, 7) is 6.90. The normalized spacial score (nSPS) is 12.2. The van der Waals surface area contributed by atoms with Gasteiger partial charge in [0.1, 0.15) is 5.75 Å². The number of halogens is 1. The molecule has 1 unspecified atom stereocenters. The van der Waals surface area contributed by atoms with E-state index < -0.39 is 0 Å². The summed E-state index contributed by atoms with van der Waals surface area (Å²) in [5, 5.41) is 0. The summed E-state index contributed by atoms with van der Waals surface area (Å²) in [7, 11) is 0. The quantitative estimate of drug-likeness (QED) is 0.705. The molecule has 2 rings (SSSR count). The molecular weight excluding hydrogens is 300 g/mol. The van der Waals surface area contributed by atoms with Gasteiger partial charge in [-0.05, 0) is 32.4 Å². The van der Waals surface area contributed by atoms with Crippen LogP contribution in [0.4, 0.5) is 0 Å². The van der Waals surface area contributed by atoms with Gasteiger partial charge in [-0.2, -0.15) is 0 Å². The monoisotopic (exact) mass is 318 g/mol. The highest BCUT2D eigenvalue weighted by atomic mass is 79.9. The second-order valence-electron chi connectivity index (χ2n) is 4.75. The van der Waals surface area contributed by atoms with Crippen molar-refractivity contribution < 1.29 is 4.74 Å². The molecule has 1 atom stereocenters. The molecule has 19 heavy (non-hydrogen) atoms. The van der Waals surface area contributed by atoms with E-state index in [1.165, 1.54) is 22.3 Å². The number of aryl methyl sites for hydroxylation is 2. The van der Waals surface area contributed by atoms with Crippen molar-refractivity contribution in [1.82, 2.24) is 0 Å². The smallest absolute Gasteiger partial charge is 0.123 e. The first-order chi connectivity index (χ1) is 9.11. The molecule has 100 valence electrons. The summed E-state index contributed by atoms with van der Waals surface area (Å²) >= 11 is 3.79. The lowest BCUT2D eigenvalue weighted by atomic mass is 10.0. The molecule has 2 heteroatoms. The summed E-state index contributed by atoms with van der Waals surface area (Å²) in [5.41, 5.74) is 4.95. The van der Waals surface area contributed by atoms with Crippen LogP contribution in [-0.2, 0) is 0 Å². The highest BCUT2D eigenvalue weighted by molar-refractivity contribution is 9.09. The summed E-state index contributed by atoms with van der Waals surface area (Å²) < 4.78 is 5.73. The molecule has 0 aliphatic rings. The van der Waals surface area contributed by atoms with Gasteiger partial charge in [-0.3, -0.25) is 0 Å². The second kappa shape index (κ2) is 6.25. The van der Waals surface area contributed by atoms with Gasteiger partial charge in [0.05, 0.1) is 11.4 Å². The zero-order valence-electron chi connectivity index (χ0n) is 11.6. The predicted molar refractivity (Wildman–Crippen MR) is 84.3 cm³/mol. The Balaban J connectivity index is 2.39. The van der Waals surface area contributed by atoms with E-state index in [1.807, 2.05) is 6.92 Å². The van der Waals surface area contributed by atoms with E-state index in [2.05, 4.69) is 72.2 Å². The number of ether oxygens (including phenoxy) is 1. The van der Waals surface area contributed by atoms with Gasteiger partial charge in [0.15, 0.2) is 0 Å². The van der Waals surface area contributed by atoms with Gasteiger partial charge in [0.2, 0.25) is 0 Å². The van der Waals surface area contributed by atoms with Gasteiger partial charge in [-0.1, -0.05) is 63.5 Å². The van der Waals surface area contributed by atoms with Gasteiger partial charge < -0.3 is 4.74 Å². The van der Waals surface area contributed by atoms with Crippen LogP contribution in [0, 0.1) is 13.8 Å². The van der Waals surface area contributed by atoms with Crippen molar-refractivity contribution in [3.63, 3.8) is 0 Å². The molecule has 0 saturated carbocycles. The Labute approximate surface area is 123 Å². The predicted octanol–water partition coefficient (Wildman–Crippen LogP) is 5.19. The lowest BCUT2D eigenvalue weighted by molar-refractivity contribution is 0.337. The maximum atomic E-state index is 5.73. The SMILES string of the molecule is CCOc1ccc(C)cc1C(Br)c1ccc(C)cc1. The number of benzene rings is 2. The first-order valence-electron chi connectivity index (χ1n) is 6.55. The molecule has 2 aromatic carbocycles. The highest BCUT2D eigenvalue weighted by Gasteiger charge is 2.15. The zero-order chi connectivity index (χ0) is 13.8. The van der Waals surface area contributed by atoms with Crippen molar-refractivity contribution in [2.45, 2.75) is 25.6 Å². The molecule has 0 aliphatic heterocycles. The Morgan fingerprint density at radius 1 is 1.00 bits per heavy atom. The minimum atomic E-state index is 0.162. The van der Waals surface area contributed by atoms with Crippen molar-refractivity contribution in [1.29, 1.82) is 0 Å². The zero-order valence-corrected chi connectivity index (χ0v) is 13.2. The van der Waals surface area contributed by atoms with Crippen molar-refractivity contribution in [3.05, 3.63) is 64.7 Å². The number of hydrogen-bond donors (Lipinski definition) is 0. The Morgan fingerprint density at radius 3 is 2.26 bits per heavy atom. The van der Waals surface area contributed by atoms with Gasteiger partial charge >= 0.3 is 0 Å². The Morgan fingerprint density at radius 2 is 1.63 bits per heavy atom. The number of rotatable bonds is 4. The van der Waals surface area contributed by atoms with Crippen molar-refractivity contribution >= 4 is 15.9 Å². The molecule has 2 aromatic rings. The maximum absolute atomic E-state index is 5.73. The van der Waals surface area contributed by atoms with E-state index in [9.17, 15) is 0 Å². The molecule has 0 spiro atoms. The van der Waals surface area contributed by atoms with Crippen LogP contribution in [0.1, 0.15) is 34.0 Å². The van der Waals surface area contributed by atoms with Crippen LogP contribution in [0.3, 0.4) is 0 Å². The van der Waals surface area contributed by atoms with E-state index in [0.717, 1.165) is 5.75 Å². The fourth-order valence-electron chi connectivity index (χ4n) is 2.07. The molecule has 0 aliphatic carbocycles. The van der Waals surface area contributed by atoms with Crippen LogP contribution < -0.4 is 4.74 Å². The first-order valence-corrected chi connectivity index (χ1v) is 7.47. The first kappa shape index (κ1) is 14.1. The minimum absolute atomic E-state index is 0.162. The molecule has 0 amide bonds. The van der Waals surface area contributed by atoms with Crippen LogP contribution in [0.25, 0.3) is 0 Å². The molecule has 0 saturated heterocycles. The average molecular weight is 319 g/mol. The van der Waals surface area contributed by atoms with Crippen molar-refractivity contribution in [2.75, 3.05) is 6.61 Å². The Hall–Kier alpha value is -1.28. The number of hydrogen-bond acceptors (Lipinski definition) is 1. The average Bonchev–Trinajstić information content (AvgIpc) is 2.41. The van der Waals surface area contributed by atoms with Gasteiger partial charge in [0, 0.05) is 5.56 Å². The number of alkyl halides is 1. The van der Waals surface area contributed by atoms with E-state index >= 15 is 0 Å². The molecule has 0 bridgehead atoms. The standard InChI is InChI=1S/C17H19BrO/c1-4-19-16-10-7-13(3)11-15(16)17(18)14-8-5-12(2)6-9-14/h5-11,17H,4H2,1-3H3. The summed E-state index contributed by atoms with van der Waals surface area (Å²) in [5.74, 6) is 0.954. The maximum Gasteiger partial charge on any atom is 0.123 e. The summed E-state index contributed by atoms with van der Waals surface area (Å²) in [4.78, 5) is 0.162. The third-order valence-electron chi connectivity index (χ3n) is 3.11.